The Hall–Kier alpha value is -1.84. The molecule has 1 amide bonds. The maximum atomic E-state index is 13.3. The fraction of sp³-hybridized carbons (Fsp3) is 0.350. The minimum absolute atomic E-state index is 0.156. The molecule has 0 bridgehead atoms. The summed E-state index contributed by atoms with van der Waals surface area (Å²) in [7, 11) is 5.87. The Balaban J connectivity index is 1.83. The van der Waals surface area contributed by atoms with Crippen LogP contribution in [-0.4, -0.2) is 42.4 Å². The van der Waals surface area contributed by atoms with Gasteiger partial charge in [0.25, 0.3) is 0 Å². The van der Waals surface area contributed by atoms with Crippen molar-refractivity contribution in [1.29, 1.82) is 0 Å². The van der Waals surface area contributed by atoms with Gasteiger partial charge in [-0.3, -0.25) is 9.69 Å². The molecule has 0 spiro atoms. The van der Waals surface area contributed by atoms with Gasteiger partial charge in [-0.15, -0.1) is 0 Å². The SMILES string of the molecule is CN(Cc1cccc(Cl)c1)C(=O)C1(N(C)C)Cc2ccccc2C1. The smallest absolute Gasteiger partial charge is 0.243 e. The van der Waals surface area contributed by atoms with Gasteiger partial charge in [0.15, 0.2) is 0 Å². The van der Waals surface area contributed by atoms with Crippen molar-refractivity contribution in [2.45, 2.75) is 24.9 Å². The molecule has 3 nitrogen and oxygen atoms in total. The summed E-state index contributed by atoms with van der Waals surface area (Å²) in [5.41, 5.74) is 3.09. The third kappa shape index (κ3) is 3.06. The lowest BCUT2D eigenvalue weighted by molar-refractivity contribution is -0.142. The molecular formula is C20H23ClN2O. The Morgan fingerprint density at radius 3 is 2.21 bits per heavy atom. The number of amides is 1. The summed E-state index contributed by atoms with van der Waals surface area (Å²) in [4.78, 5) is 17.2. The van der Waals surface area contributed by atoms with E-state index < -0.39 is 5.54 Å². The molecule has 1 aliphatic carbocycles. The predicted molar refractivity (Wildman–Crippen MR) is 98.2 cm³/mol. The van der Waals surface area contributed by atoms with Crippen LogP contribution in [0.4, 0.5) is 0 Å². The van der Waals surface area contributed by atoms with Gasteiger partial charge in [0.1, 0.15) is 5.54 Å². The molecule has 2 aromatic rings. The first-order valence-electron chi connectivity index (χ1n) is 8.16. The van der Waals surface area contributed by atoms with Gasteiger partial charge in [-0.25, -0.2) is 0 Å². The highest BCUT2D eigenvalue weighted by Crippen LogP contribution is 2.35. The van der Waals surface area contributed by atoms with Crippen LogP contribution in [0.15, 0.2) is 48.5 Å². The predicted octanol–water partition coefficient (Wildman–Crippen LogP) is 3.40. The Morgan fingerprint density at radius 2 is 1.67 bits per heavy atom. The van der Waals surface area contributed by atoms with Crippen LogP contribution >= 0.6 is 11.6 Å². The Bertz CT molecular complexity index is 732. The van der Waals surface area contributed by atoms with Crippen LogP contribution in [0.25, 0.3) is 0 Å². The summed E-state index contributed by atoms with van der Waals surface area (Å²) >= 11 is 6.06. The van der Waals surface area contributed by atoms with E-state index in [0.717, 1.165) is 18.4 Å². The third-order valence-corrected chi connectivity index (χ3v) is 5.23. The number of likely N-dealkylation sites (N-methyl/N-ethyl adjacent to an activating group) is 2. The molecule has 0 unspecified atom stereocenters. The fourth-order valence-electron chi connectivity index (χ4n) is 3.59. The molecule has 3 rings (SSSR count). The lowest BCUT2D eigenvalue weighted by Crippen LogP contribution is -2.57. The van der Waals surface area contributed by atoms with Crippen molar-refractivity contribution in [2.24, 2.45) is 0 Å². The van der Waals surface area contributed by atoms with E-state index in [-0.39, 0.29) is 5.91 Å². The van der Waals surface area contributed by atoms with Crippen molar-refractivity contribution in [3.8, 4) is 0 Å². The summed E-state index contributed by atoms with van der Waals surface area (Å²) in [6.45, 7) is 0.561. The normalized spacial score (nSPS) is 15.4. The van der Waals surface area contributed by atoms with Gasteiger partial charge in [0, 0.05) is 31.5 Å². The molecular weight excluding hydrogens is 320 g/mol. The van der Waals surface area contributed by atoms with Crippen LogP contribution in [0.3, 0.4) is 0 Å². The summed E-state index contributed by atoms with van der Waals surface area (Å²) in [5.74, 6) is 0.156. The van der Waals surface area contributed by atoms with E-state index in [1.165, 1.54) is 11.1 Å². The number of carbonyl (C=O) groups excluding carboxylic acids is 1. The summed E-state index contributed by atoms with van der Waals surface area (Å²) in [6.07, 6.45) is 1.52. The quantitative estimate of drug-likeness (QED) is 0.850. The van der Waals surface area contributed by atoms with E-state index in [4.69, 9.17) is 11.6 Å². The molecule has 0 atom stereocenters. The minimum Gasteiger partial charge on any atom is -0.340 e. The van der Waals surface area contributed by atoms with Gasteiger partial charge in [-0.2, -0.15) is 0 Å². The molecule has 1 aliphatic rings. The lowest BCUT2D eigenvalue weighted by atomic mass is 9.92. The lowest BCUT2D eigenvalue weighted by Gasteiger charge is -2.38. The fourth-order valence-corrected chi connectivity index (χ4v) is 3.80. The maximum Gasteiger partial charge on any atom is 0.243 e. The number of nitrogens with zero attached hydrogens (tertiary/aromatic N) is 2. The van der Waals surface area contributed by atoms with Crippen molar-refractivity contribution in [3.63, 3.8) is 0 Å². The number of halogens is 1. The monoisotopic (exact) mass is 342 g/mol. The molecule has 4 heteroatoms. The van der Waals surface area contributed by atoms with Gasteiger partial charge in [0.2, 0.25) is 5.91 Å². The first-order chi connectivity index (χ1) is 11.4. The molecule has 24 heavy (non-hydrogen) atoms. The molecule has 0 aliphatic heterocycles. The van der Waals surface area contributed by atoms with Crippen molar-refractivity contribution < 1.29 is 4.79 Å². The highest BCUT2D eigenvalue weighted by molar-refractivity contribution is 6.30. The number of benzene rings is 2. The maximum absolute atomic E-state index is 13.3. The Labute approximate surface area is 148 Å². The van der Waals surface area contributed by atoms with Gasteiger partial charge in [-0.1, -0.05) is 48.0 Å². The molecule has 0 fully saturated rings. The Morgan fingerprint density at radius 1 is 1.04 bits per heavy atom. The minimum atomic E-state index is -0.503. The Kier molecular flexibility index (Phi) is 4.66. The number of fused-ring (bicyclic) bond motifs is 1. The van der Waals surface area contributed by atoms with Gasteiger partial charge in [-0.05, 0) is 42.9 Å². The second-order valence-corrected chi connectivity index (χ2v) is 7.28. The number of hydrogen-bond acceptors (Lipinski definition) is 2. The molecule has 0 saturated carbocycles. The molecule has 0 heterocycles. The highest BCUT2D eigenvalue weighted by Gasteiger charge is 2.46. The van der Waals surface area contributed by atoms with E-state index >= 15 is 0 Å². The summed E-state index contributed by atoms with van der Waals surface area (Å²) in [6, 6.07) is 16.0. The zero-order chi connectivity index (χ0) is 17.3. The molecule has 0 N–H and O–H groups in total. The van der Waals surface area contributed by atoms with Crippen LogP contribution in [0, 0.1) is 0 Å². The third-order valence-electron chi connectivity index (χ3n) is 4.99. The first-order valence-corrected chi connectivity index (χ1v) is 8.54. The number of hydrogen-bond donors (Lipinski definition) is 0. The second-order valence-electron chi connectivity index (χ2n) is 6.84. The van der Waals surface area contributed by atoms with Crippen molar-refractivity contribution in [3.05, 3.63) is 70.2 Å². The standard InChI is InChI=1S/C20H23ClN2O/c1-22(2)20(12-16-8-4-5-9-17(16)13-20)19(24)23(3)14-15-7-6-10-18(21)11-15/h4-11H,12-14H2,1-3H3. The number of rotatable bonds is 4. The summed E-state index contributed by atoms with van der Waals surface area (Å²) in [5, 5.41) is 0.698. The largest absolute Gasteiger partial charge is 0.340 e. The van der Waals surface area contributed by atoms with Crippen LogP contribution in [0.5, 0.6) is 0 Å². The second kappa shape index (κ2) is 6.58. The van der Waals surface area contributed by atoms with Gasteiger partial charge < -0.3 is 4.90 Å². The average Bonchev–Trinajstić information content (AvgIpc) is 2.95. The molecule has 0 radical (unpaired) electrons. The van der Waals surface area contributed by atoms with Crippen LogP contribution in [-0.2, 0) is 24.2 Å². The molecule has 0 saturated heterocycles. The van der Waals surface area contributed by atoms with Gasteiger partial charge in [0.05, 0.1) is 0 Å². The zero-order valence-corrected chi connectivity index (χ0v) is 15.2. The van der Waals surface area contributed by atoms with Crippen molar-refractivity contribution >= 4 is 17.5 Å². The van der Waals surface area contributed by atoms with Crippen LogP contribution in [0.2, 0.25) is 5.02 Å². The van der Waals surface area contributed by atoms with Crippen LogP contribution < -0.4 is 0 Å². The zero-order valence-electron chi connectivity index (χ0n) is 14.4. The van der Waals surface area contributed by atoms with Crippen molar-refractivity contribution in [2.75, 3.05) is 21.1 Å². The molecule has 2 aromatic carbocycles. The van der Waals surface area contributed by atoms with E-state index in [1.807, 2.05) is 62.4 Å². The number of carbonyl (C=O) groups is 1. The molecule has 0 aromatic heterocycles. The van der Waals surface area contributed by atoms with E-state index in [1.54, 1.807) is 0 Å². The molecule has 126 valence electrons. The van der Waals surface area contributed by atoms with E-state index in [2.05, 4.69) is 17.0 Å². The first kappa shape index (κ1) is 17.0. The van der Waals surface area contributed by atoms with E-state index in [9.17, 15) is 4.79 Å². The highest BCUT2D eigenvalue weighted by atomic mass is 35.5. The van der Waals surface area contributed by atoms with Gasteiger partial charge >= 0.3 is 0 Å². The summed E-state index contributed by atoms with van der Waals surface area (Å²) < 4.78 is 0. The average molecular weight is 343 g/mol. The van der Waals surface area contributed by atoms with Crippen molar-refractivity contribution in [1.82, 2.24) is 9.80 Å². The topological polar surface area (TPSA) is 23.6 Å². The van der Waals surface area contributed by atoms with Crippen LogP contribution in [0.1, 0.15) is 16.7 Å². The van der Waals surface area contributed by atoms with E-state index in [0.29, 0.717) is 11.6 Å².